The van der Waals surface area contributed by atoms with Gasteiger partial charge in [0, 0.05) is 42.9 Å². The second-order valence-electron chi connectivity index (χ2n) is 10.0. The summed E-state index contributed by atoms with van der Waals surface area (Å²) >= 11 is 0. The smallest absolute Gasteiger partial charge is 0.264 e. The first-order chi connectivity index (χ1) is 19.8. The molecule has 1 N–H and O–H groups in total. The van der Waals surface area contributed by atoms with Crippen LogP contribution in [0.2, 0.25) is 0 Å². The minimum absolute atomic E-state index is 0.277. The van der Waals surface area contributed by atoms with Crippen LogP contribution in [0, 0.1) is 6.92 Å². The topological polar surface area (TPSA) is 85.6 Å². The average Bonchev–Trinajstić information content (AvgIpc) is 2.97. The van der Waals surface area contributed by atoms with Crippen LogP contribution in [0.3, 0.4) is 0 Å². The van der Waals surface area contributed by atoms with E-state index in [2.05, 4.69) is 58.1 Å². The summed E-state index contributed by atoms with van der Waals surface area (Å²) in [4.78, 5) is 13.3. The molecular formula is C33H38N4O3S. The first-order valence-corrected chi connectivity index (χ1v) is 15.6. The van der Waals surface area contributed by atoms with Gasteiger partial charge in [-0.25, -0.2) is 4.99 Å². The summed E-state index contributed by atoms with van der Waals surface area (Å²) in [5, 5.41) is 0. The van der Waals surface area contributed by atoms with Gasteiger partial charge >= 0.3 is 0 Å². The summed E-state index contributed by atoms with van der Waals surface area (Å²) in [6.07, 6.45) is 10.3. The minimum atomic E-state index is -4.02. The SMILES string of the molecule is CCCCN(c1ccc(N=C2C=CC(=NC)C=C2)cc1)c1ccc(N(CCCS(=O)(=O)O)c2ccc(C)cc2)cc1. The molecule has 0 aliphatic heterocycles. The fourth-order valence-electron chi connectivity index (χ4n) is 4.61. The largest absolute Gasteiger partial charge is 0.341 e. The van der Waals surface area contributed by atoms with E-state index in [4.69, 9.17) is 4.99 Å². The van der Waals surface area contributed by atoms with Gasteiger partial charge in [0.1, 0.15) is 0 Å². The molecule has 0 amide bonds. The van der Waals surface area contributed by atoms with Crippen molar-refractivity contribution in [3.63, 3.8) is 0 Å². The maximum Gasteiger partial charge on any atom is 0.264 e. The summed E-state index contributed by atoms with van der Waals surface area (Å²) < 4.78 is 31.9. The van der Waals surface area contributed by atoms with E-state index in [1.54, 1.807) is 7.05 Å². The van der Waals surface area contributed by atoms with E-state index in [0.717, 1.165) is 64.8 Å². The van der Waals surface area contributed by atoms with Gasteiger partial charge in [0.2, 0.25) is 0 Å². The van der Waals surface area contributed by atoms with E-state index in [1.165, 1.54) is 0 Å². The number of benzene rings is 3. The lowest BCUT2D eigenvalue weighted by Gasteiger charge is -2.28. The van der Waals surface area contributed by atoms with Crippen molar-refractivity contribution in [2.45, 2.75) is 33.1 Å². The second-order valence-corrected chi connectivity index (χ2v) is 11.6. The molecule has 7 nitrogen and oxygen atoms in total. The van der Waals surface area contributed by atoms with Gasteiger partial charge in [0.25, 0.3) is 10.1 Å². The molecule has 0 aromatic heterocycles. The molecule has 0 unspecified atom stereocenters. The Morgan fingerprint density at radius 1 is 0.683 bits per heavy atom. The van der Waals surface area contributed by atoms with Crippen molar-refractivity contribution < 1.29 is 13.0 Å². The molecule has 1 aliphatic carbocycles. The van der Waals surface area contributed by atoms with Crippen LogP contribution < -0.4 is 9.80 Å². The van der Waals surface area contributed by atoms with Crippen molar-refractivity contribution >= 4 is 50.0 Å². The van der Waals surface area contributed by atoms with Crippen molar-refractivity contribution in [3.8, 4) is 0 Å². The van der Waals surface area contributed by atoms with Crippen LogP contribution in [0.5, 0.6) is 0 Å². The molecule has 1 aliphatic rings. The zero-order valence-corrected chi connectivity index (χ0v) is 24.8. The number of anilines is 4. The Hall–Kier alpha value is -4.01. The predicted octanol–water partition coefficient (Wildman–Crippen LogP) is 7.62. The molecule has 3 aromatic rings. The first kappa shape index (κ1) is 30.0. The van der Waals surface area contributed by atoms with E-state index in [-0.39, 0.29) is 5.75 Å². The normalized spacial score (nSPS) is 12.9. The Bertz CT molecular complexity index is 1500. The Morgan fingerprint density at radius 3 is 1.59 bits per heavy atom. The number of hydrogen-bond acceptors (Lipinski definition) is 6. The van der Waals surface area contributed by atoms with Gasteiger partial charge in [-0.1, -0.05) is 31.0 Å². The lowest BCUT2D eigenvalue weighted by molar-refractivity contribution is 0.481. The molecule has 4 rings (SSSR count). The lowest BCUT2D eigenvalue weighted by atomic mass is 10.1. The summed E-state index contributed by atoms with van der Waals surface area (Å²) in [6.45, 7) is 5.56. The van der Waals surface area contributed by atoms with Crippen LogP contribution in [-0.2, 0) is 10.1 Å². The summed E-state index contributed by atoms with van der Waals surface area (Å²) in [5.74, 6) is -0.277. The molecule has 0 spiro atoms. The molecule has 0 atom stereocenters. The van der Waals surface area contributed by atoms with Gasteiger partial charge in [0.05, 0.1) is 22.9 Å². The highest BCUT2D eigenvalue weighted by Gasteiger charge is 2.14. The monoisotopic (exact) mass is 570 g/mol. The molecule has 0 fully saturated rings. The third kappa shape index (κ3) is 8.74. The molecule has 41 heavy (non-hydrogen) atoms. The van der Waals surface area contributed by atoms with Crippen molar-refractivity contribution in [3.05, 3.63) is 103 Å². The van der Waals surface area contributed by atoms with E-state index in [9.17, 15) is 13.0 Å². The zero-order chi connectivity index (χ0) is 29.2. The van der Waals surface area contributed by atoms with Crippen LogP contribution in [-0.4, -0.2) is 50.3 Å². The highest BCUT2D eigenvalue weighted by Crippen LogP contribution is 2.32. The van der Waals surface area contributed by atoms with Crippen LogP contribution in [0.1, 0.15) is 31.7 Å². The van der Waals surface area contributed by atoms with Gasteiger partial charge in [-0.2, -0.15) is 8.42 Å². The summed E-state index contributed by atoms with van der Waals surface area (Å²) in [7, 11) is -2.24. The maximum atomic E-state index is 11.3. The molecule has 214 valence electrons. The third-order valence-corrected chi connectivity index (χ3v) is 7.67. The van der Waals surface area contributed by atoms with Crippen molar-refractivity contribution in [1.29, 1.82) is 0 Å². The van der Waals surface area contributed by atoms with Crippen molar-refractivity contribution in [1.82, 2.24) is 0 Å². The fourth-order valence-corrected chi connectivity index (χ4v) is 5.10. The molecule has 0 bridgehead atoms. The van der Waals surface area contributed by atoms with E-state index in [0.29, 0.717) is 13.0 Å². The lowest BCUT2D eigenvalue weighted by Crippen LogP contribution is -2.21. The molecule has 0 saturated carbocycles. The van der Waals surface area contributed by atoms with Gasteiger partial charge in [-0.3, -0.25) is 9.55 Å². The van der Waals surface area contributed by atoms with E-state index >= 15 is 0 Å². The standard InChI is InChI=1S/C33H38N4O3S/c1-4-5-23-36(31-17-13-29(14-18-31)35-28-11-9-27(34-3)10-12-28)32-19-21-33(22-20-32)37(24-6-25-41(38,39)40)30-15-7-26(2)8-16-30/h7-22H,4-6,23-25H2,1-3H3,(H,38,39,40). The third-order valence-electron chi connectivity index (χ3n) is 6.87. The van der Waals surface area contributed by atoms with Crippen LogP contribution >= 0.6 is 0 Å². The summed E-state index contributed by atoms with van der Waals surface area (Å²) in [6, 6.07) is 24.8. The fraction of sp³-hybridized carbons (Fsp3) is 0.273. The van der Waals surface area contributed by atoms with Gasteiger partial charge in [0.15, 0.2) is 0 Å². The molecule has 0 saturated heterocycles. The number of allylic oxidation sites excluding steroid dienone is 4. The quantitative estimate of drug-likeness (QED) is 0.179. The Morgan fingerprint density at radius 2 is 1.12 bits per heavy atom. The van der Waals surface area contributed by atoms with Gasteiger partial charge in [-0.05, 0) is 105 Å². The Balaban J connectivity index is 1.56. The van der Waals surface area contributed by atoms with Gasteiger partial charge < -0.3 is 9.80 Å². The molecule has 0 heterocycles. The van der Waals surface area contributed by atoms with Crippen LogP contribution in [0.15, 0.2) is 107 Å². The number of unbranched alkanes of at least 4 members (excludes halogenated alkanes) is 1. The maximum absolute atomic E-state index is 11.3. The number of hydrogen-bond donors (Lipinski definition) is 1. The first-order valence-electron chi connectivity index (χ1n) is 13.9. The molecular weight excluding hydrogens is 532 g/mol. The molecule has 0 radical (unpaired) electrons. The van der Waals surface area contributed by atoms with Crippen molar-refractivity contribution in [2.24, 2.45) is 9.98 Å². The van der Waals surface area contributed by atoms with E-state index < -0.39 is 10.1 Å². The number of nitrogens with zero attached hydrogens (tertiary/aromatic N) is 4. The average molecular weight is 571 g/mol. The molecule has 3 aromatic carbocycles. The number of aliphatic imine (C=N–C) groups is 2. The van der Waals surface area contributed by atoms with Crippen molar-refractivity contribution in [2.75, 3.05) is 35.7 Å². The number of rotatable bonds is 12. The van der Waals surface area contributed by atoms with E-state index in [1.807, 2.05) is 67.6 Å². The zero-order valence-electron chi connectivity index (χ0n) is 23.9. The highest BCUT2D eigenvalue weighted by molar-refractivity contribution is 7.85. The highest BCUT2D eigenvalue weighted by atomic mass is 32.2. The van der Waals surface area contributed by atoms with Crippen LogP contribution in [0.25, 0.3) is 0 Å². The molecule has 8 heteroatoms. The van der Waals surface area contributed by atoms with Gasteiger partial charge in [-0.15, -0.1) is 0 Å². The number of aryl methyl sites for hydroxylation is 1. The Labute approximate surface area is 244 Å². The second kappa shape index (κ2) is 14.1. The minimum Gasteiger partial charge on any atom is -0.341 e. The Kier molecular flexibility index (Phi) is 10.3. The summed E-state index contributed by atoms with van der Waals surface area (Å²) in [5.41, 5.74) is 7.95. The predicted molar refractivity (Wildman–Crippen MR) is 173 cm³/mol. The van der Waals surface area contributed by atoms with Crippen LogP contribution in [0.4, 0.5) is 28.4 Å².